The zero-order chi connectivity index (χ0) is 12.0. The van der Waals surface area contributed by atoms with Crippen molar-refractivity contribution in [2.45, 2.75) is 43.7 Å². The van der Waals surface area contributed by atoms with Crippen LogP contribution in [0.2, 0.25) is 0 Å². The predicted molar refractivity (Wildman–Crippen MR) is 52.6 cm³/mol. The molecule has 6 heteroatoms. The van der Waals surface area contributed by atoms with E-state index in [9.17, 15) is 10.2 Å². The van der Waals surface area contributed by atoms with Gasteiger partial charge in [0.25, 0.3) is 0 Å². The van der Waals surface area contributed by atoms with Crippen LogP contribution in [0.3, 0.4) is 0 Å². The molecule has 0 unspecified atom stereocenters. The molecule has 0 aliphatic carbocycles. The molecule has 0 bridgehead atoms. The van der Waals surface area contributed by atoms with Crippen LogP contribution < -0.4 is 0 Å². The molecule has 0 amide bonds. The Labute approximate surface area is 94.1 Å². The average Bonchev–Trinajstić information content (AvgIpc) is 2.66. The minimum absolute atomic E-state index is 0.345. The summed E-state index contributed by atoms with van der Waals surface area (Å²) in [5.74, 6) is -0.733. The molecule has 94 valence electrons. The molecule has 0 aromatic carbocycles. The third-order valence-corrected chi connectivity index (χ3v) is 3.05. The minimum Gasteiger partial charge on any atom is -0.393 e. The Morgan fingerprint density at radius 3 is 2.25 bits per heavy atom. The van der Waals surface area contributed by atoms with E-state index in [0.717, 1.165) is 0 Å². The summed E-state index contributed by atoms with van der Waals surface area (Å²) in [5.41, 5.74) is -1.15. The highest BCUT2D eigenvalue weighted by Crippen LogP contribution is 2.43. The van der Waals surface area contributed by atoms with Crippen molar-refractivity contribution in [1.82, 2.24) is 0 Å². The van der Waals surface area contributed by atoms with Crippen LogP contribution >= 0.6 is 0 Å². The maximum atomic E-state index is 9.33. The van der Waals surface area contributed by atoms with Gasteiger partial charge in [-0.2, -0.15) is 0 Å². The Balaban J connectivity index is 2.21. The van der Waals surface area contributed by atoms with E-state index in [1.165, 1.54) is 7.11 Å². The molecule has 0 radical (unpaired) electrons. The summed E-state index contributed by atoms with van der Waals surface area (Å²) in [6, 6.07) is 0. The van der Waals surface area contributed by atoms with Crippen molar-refractivity contribution in [3.05, 3.63) is 0 Å². The molecule has 0 spiro atoms. The molecular weight excluding hydrogens is 216 g/mol. The number of hydrogen-bond donors (Lipinski definition) is 2. The van der Waals surface area contributed by atoms with Gasteiger partial charge in [-0.3, -0.25) is 0 Å². The molecule has 3 atom stereocenters. The number of aliphatic hydroxyl groups excluding tert-OH is 2. The number of fused-ring (bicyclic) bond motifs is 1. The molecule has 2 aliphatic rings. The Morgan fingerprint density at radius 2 is 1.75 bits per heavy atom. The van der Waals surface area contributed by atoms with Crippen LogP contribution in [0.1, 0.15) is 13.8 Å². The van der Waals surface area contributed by atoms with Gasteiger partial charge in [-0.1, -0.05) is 0 Å². The van der Waals surface area contributed by atoms with Crippen LogP contribution in [-0.4, -0.2) is 60.4 Å². The van der Waals surface area contributed by atoms with Gasteiger partial charge < -0.3 is 29.2 Å². The first kappa shape index (κ1) is 12.2. The molecule has 2 aliphatic heterocycles. The van der Waals surface area contributed by atoms with Crippen LogP contribution in [0.4, 0.5) is 0 Å². The highest BCUT2D eigenvalue weighted by molar-refractivity contribution is 5.03. The van der Waals surface area contributed by atoms with Crippen LogP contribution in [0, 0.1) is 0 Å². The van der Waals surface area contributed by atoms with Crippen molar-refractivity contribution >= 4 is 0 Å². The van der Waals surface area contributed by atoms with Crippen molar-refractivity contribution in [2.75, 3.05) is 20.3 Å². The van der Waals surface area contributed by atoms with Crippen molar-refractivity contribution in [3.8, 4) is 0 Å². The van der Waals surface area contributed by atoms with E-state index in [1.54, 1.807) is 13.8 Å². The predicted octanol–water partition coefficient (Wildman–Crippen LogP) is -0.767. The van der Waals surface area contributed by atoms with Gasteiger partial charge in [-0.05, 0) is 13.8 Å². The number of rotatable bonds is 3. The van der Waals surface area contributed by atoms with Crippen molar-refractivity contribution in [3.63, 3.8) is 0 Å². The molecule has 0 saturated carbocycles. The highest BCUT2D eigenvalue weighted by atomic mass is 16.8. The van der Waals surface area contributed by atoms with Gasteiger partial charge in [0.2, 0.25) is 0 Å². The van der Waals surface area contributed by atoms with E-state index in [4.69, 9.17) is 18.9 Å². The second-order valence-electron chi connectivity index (χ2n) is 4.62. The lowest BCUT2D eigenvalue weighted by Crippen LogP contribution is -2.51. The van der Waals surface area contributed by atoms with E-state index in [0.29, 0.717) is 0 Å². The topological polar surface area (TPSA) is 77.4 Å². The fourth-order valence-corrected chi connectivity index (χ4v) is 2.30. The van der Waals surface area contributed by atoms with Crippen LogP contribution in [0.15, 0.2) is 0 Å². The Kier molecular flexibility index (Phi) is 2.98. The van der Waals surface area contributed by atoms with E-state index in [-0.39, 0.29) is 13.2 Å². The number of methoxy groups -OCH3 is 1. The largest absolute Gasteiger partial charge is 0.393 e. The molecule has 2 fully saturated rings. The molecule has 2 heterocycles. The third-order valence-electron chi connectivity index (χ3n) is 3.05. The van der Waals surface area contributed by atoms with Gasteiger partial charge in [0.05, 0.1) is 13.2 Å². The summed E-state index contributed by atoms with van der Waals surface area (Å²) in [6.45, 7) is 2.87. The molecular formula is C10H18O6. The summed E-state index contributed by atoms with van der Waals surface area (Å²) in [5, 5.41) is 18.7. The standard InChI is InChI=1S/C10H18O6/c1-9(2)14-6-7(13-3)10(4-11,5-12)16-8(6)15-9/h6-8,11-12H,4-5H2,1-3H3/t6-,7-,8+/m1/s1. The fourth-order valence-electron chi connectivity index (χ4n) is 2.30. The number of ether oxygens (including phenoxy) is 4. The smallest absolute Gasteiger partial charge is 0.190 e. The Morgan fingerprint density at radius 1 is 1.12 bits per heavy atom. The summed E-state index contributed by atoms with van der Waals surface area (Å²) in [4.78, 5) is 0. The average molecular weight is 234 g/mol. The maximum absolute atomic E-state index is 9.33. The van der Waals surface area contributed by atoms with Crippen molar-refractivity contribution < 1.29 is 29.2 Å². The second kappa shape index (κ2) is 3.90. The van der Waals surface area contributed by atoms with Gasteiger partial charge in [0.1, 0.15) is 17.8 Å². The molecule has 2 rings (SSSR count). The number of hydrogen-bond acceptors (Lipinski definition) is 6. The molecule has 0 aromatic rings. The highest BCUT2D eigenvalue weighted by Gasteiger charge is 2.62. The lowest BCUT2D eigenvalue weighted by molar-refractivity contribution is -0.254. The number of aliphatic hydroxyl groups is 2. The fraction of sp³-hybridized carbons (Fsp3) is 1.00. The molecule has 16 heavy (non-hydrogen) atoms. The van der Waals surface area contributed by atoms with Gasteiger partial charge in [0.15, 0.2) is 12.1 Å². The zero-order valence-corrected chi connectivity index (χ0v) is 9.67. The Bertz CT molecular complexity index is 262. The summed E-state index contributed by atoms with van der Waals surface area (Å²) in [6.07, 6.45) is -1.59. The quantitative estimate of drug-likeness (QED) is 0.668. The first-order valence-corrected chi connectivity index (χ1v) is 5.26. The summed E-state index contributed by atoms with van der Waals surface area (Å²) < 4.78 is 22.0. The molecule has 2 saturated heterocycles. The SMILES string of the molecule is CO[C@@H]1[C@H]2OC(C)(C)O[C@H]2OC1(CO)CO. The first-order chi connectivity index (χ1) is 7.48. The third kappa shape index (κ3) is 1.66. The van der Waals surface area contributed by atoms with Gasteiger partial charge in [-0.25, -0.2) is 0 Å². The maximum Gasteiger partial charge on any atom is 0.190 e. The van der Waals surface area contributed by atoms with Crippen LogP contribution in [0.25, 0.3) is 0 Å². The first-order valence-electron chi connectivity index (χ1n) is 5.26. The van der Waals surface area contributed by atoms with Gasteiger partial charge >= 0.3 is 0 Å². The lowest BCUT2D eigenvalue weighted by Gasteiger charge is -2.32. The minimum atomic E-state index is -1.15. The second-order valence-corrected chi connectivity index (χ2v) is 4.62. The van der Waals surface area contributed by atoms with E-state index in [2.05, 4.69) is 0 Å². The van der Waals surface area contributed by atoms with Crippen molar-refractivity contribution in [2.24, 2.45) is 0 Å². The lowest BCUT2D eigenvalue weighted by atomic mass is 9.97. The molecule has 6 nitrogen and oxygen atoms in total. The van der Waals surface area contributed by atoms with E-state index < -0.39 is 29.9 Å². The molecule has 2 N–H and O–H groups in total. The normalized spacial score (nSPS) is 39.9. The summed E-state index contributed by atoms with van der Waals surface area (Å²) >= 11 is 0. The van der Waals surface area contributed by atoms with Gasteiger partial charge in [0, 0.05) is 7.11 Å². The monoisotopic (exact) mass is 234 g/mol. The van der Waals surface area contributed by atoms with Crippen LogP contribution in [0.5, 0.6) is 0 Å². The van der Waals surface area contributed by atoms with Crippen LogP contribution in [-0.2, 0) is 18.9 Å². The Hall–Kier alpha value is -0.240. The van der Waals surface area contributed by atoms with E-state index >= 15 is 0 Å². The van der Waals surface area contributed by atoms with Gasteiger partial charge in [-0.15, -0.1) is 0 Å². The van der Waals surface area contributed by atoms with Crippen molar-refractivity contribution in [1.29, 1.82) is 0 Å². The zero-order valence-electron chi connectivity index (χ0n) is 9.67. The summed E-state index contributed by atoms with van der Waals surface area (Å²) in [7, 11) is 1.49. The molecule has 0 aromatic heterocycles. The van der Waals surface area contributed by atoms with E-state index in [1.807, 2.05) is 0 Å².